The fourth-order valence-electron chi connectivity index (χ4n) is 2.71. The molecule has 6 heteroatoms. The number of carbonyl (C=O) groups is 1. The van der Waals surface area contributed by atoms with Gasteiger partial charge in [-0.25, -0.2) is 0 Å². The summed E-state index contributed by atoms with van der Waals surface area (Å²) < 4.78 is 11.0. The van der Waals surface area contributed by atoms with Gasteiger partial charge in [-0.2, -0.15) is 0 Å². The Labute approximate surface area is 140 Å². The molecule has 0 radical (unpaired) electrons. The maximum Gasteiger partial charge on any atom is 0.252 e. The Kier molecular flexibility index (Phi) is 5.33. The number of nitrogens with zero attached hydrogens (tertiary/aromatic N) is 1. The van der Waals surface area contributed by atoms with Gasteiger partial charge in [0, 0.05) is 19.6 Å². The number of hydrogen-bond donors (Lipinski definition) is 1. The Morgan fingerprint density at radius 2 is 2.00 bits per heavy atom. The number of rotatable bonds is 5. The van der Waals surface area contributed by atoms with Crippen LogP contribution in [0, 0.1) is 0 Å². The van der Waals surface area contributed by atoms with E-state index >= 15 is 0 Å². The van der Waals surface area contributed by atoms with Crippen LogP contribution >= 0.6 is 11.6 Å². The summed E-state index contributed by atoms with van der Waals surface area (Å²) in [5.74, 6) is 0.659. The Morgan fingerprint density at radius 3 is 2.70 bits per heavy atom. The van der Waals surface area contributed by atoms with E-state index in [1.165, 1.54) is 0 Å². The first kappa shape index (κ1) is 16.1. The molecule has 1 aromatic carbocycles. The highest BCUT2D eigenvalue weighted by molar-refractivity contribution is 6.33. The number of hydrogen-bond acceptors (Lipinski definition) is 4. The minimum absolute atomic E-state index is 0.0136. The summed E-state index contributed by atoms with van der Waals surface area (Å²) in [6, 6.07) is 10.8. The van der Waals surface area contributed by atoms with Crippen LogP contribution in [-0.2, 0) is 4.74 Å². The maximum atomic E-state index is 12.4. The molecule has 0 saturated carbocycles. The summed E-state index contributed by atoms with van der Waals surface area (Å²) in [7, 11) is 0. The molecule has 2 aromatic rings. The van der Waals surface area contributed by atoms with Gasteiger partial charge in [-0.15, -0.1) is 0 Å². The van der Waals surface area contributed by atoms with E-state index in [1.54, 1.807) is 30.5 Å². The summed E-state index contributed by atoms with van der Waals surface area (Å²) in [6.45, 7) is 3.46. The lowest BCUT2D eigenvalue weighted by Crippen LogP contribution is -2.43. The molecule has 0 aliphatic carbocycles. The third kappa shape index (κ3) is 3.93. The van der Waals surface area contributed by atoms with E-state index in [9.17, 15) is 4.79 Å². The zero-order chi connectivity index (χ0) is 16.1. The Morgan fingerprint density at radius 1 is 1.22 bits per heavy atom. The average molecular weight is 335 g/mol. The van der Waals surface area contributed by atoms with Gasteiger partial charge in [-0.05, 0) is 24.3 Å². The van der Waals surface area contributed by atoms with Crippen molar-refractivity contribution >= 4 is 17.5 Å². The number of morpholine rings is 1. The first-order valence-corrected chi connectivity index (χ1v) is 8.01. The van der Waals surface area contributed by atoms with Crippen LogP contribution in [0.15, 0.2) is 47.1 Å². The zero-order valence-corrected chi connectivity index (χ0v) is 13.5. The van der Waals surface area contributed by atoms with Crippen LogP contribution < -0.4 is 5.32 Å². The van der Waals surface area contributed by atoms with Crippen molar-refractivity contribution in [1.82, 2.24) is 10.2 Å². The minimum Gasteiger partial charge on any atom is -0.468 e. The molecule has 0 spiro atoms. The molecule has 0 unspecified atom stereocenters. The topological polar surface area (TPSA) is 54.7 Å². The molecule has 1 atom stereocenters. The van der Waals surface area contributed by atoms with E-state index in [4.69, 9.17) is 20.8 Å². The molecule has 1 fully saturated rings. The normalized spacial score (nSPS) is 16.9. The van der Waals surface area contributed by atoms with Crippen molar-refractivity contribution in [3.05, 3.63) is 59.0 Å². The van der Waals surface area contributed by atoms with Crippen molar-refractivity contribution in [2.24, 2.45) is 0 Å². The standard InChI is InChI=1S/C17H19ClN2O3/c18-14-5-2-1-4-13(14)17(21)19-12-15(16-6-3-9-23-16)20-7-10-22-11-8-20/h1-6,9,15H,7-8,10-12H2,(H,19,21)/t15-/m1/s1. The lowest BCUT2D eigenvalue weighted by atomic mass is 10.1. The second-order valence-electron chi connectivity index (χ2n) is 5.37. The predicted molar refractivity (Wildman–Crippen MR) is 87.6 cm³/mol. The van der Waals surface area contributed by atoms with Crippen LogP contribution in [0.4, 0.5) is 0 Å². The summed E-state index contributed by atoms with van der Waals surface area (Å²) >= 11 is 6.08. The van der Waals surface area contributed by atoms with Crippen LogP contribution in [0.1, 0.15) is 22.2 Å². The van der Waals surface area contributed by atoms with Gasteiger partial charge in [0.1, 0.15) is 5.76 Å². The number of ether oxygens (including phenoxy) is 1. The van der Waals surface area contributed by atoms with Gasteiger partial charge in [-0.1, -0.05) is 23.7 Å². The molecule has 0 bridgehead atoms. The van der Waals surface area contributed by atoms with Gasteiger partial charge >= 0.3 is 0 Å². The number of carbonyl (C=O) groups excluding carboxylic acids is 1. The Bertz CT molecular complexity index is 639. The van der Waals surface area contributed by atoms with Crippen LogP contribution in [-0.4, -0.2) is 43.7 Å². The zero-order valence-electron chi connectivity index (χ0n) is 12.7. The summed E-state index contributed by atoms with van der Waals surface area (Å²) in [5.41, 5.74) is 0.481. The van der Waals surface area contributed by atoms with Gasteiger partial charge in [0.15, 0.2) is 0 Å². The van der Waals surface area contributed by atoms with Crippen molar-refractivity contribution in [1.29, 1.82) is 0 Å². The van der Waals surface area contributed by atoms with Crippen LogP contribution in [0.25, 0.3) is 0 Å². The first-order valence-electron chi connectivity index (χ1n) is 7.63. The van der Waals surface area contributed by atoms with Crippen molar-refractivity contribution in [2.75, 3.05) is 32.8 Å². The lowest BCUT2D eigenvalue weighted by Gasteiger charge is -2.33. The number of benzene rings is 1. The van der Waals surface area contributed by atoms with Gasteiger partial charge in [0.2, 0.25) is 0 Å². The van der Waals surface area contributed by atoms with E-state index in [1.807, 2.05) is 12.1 Å². The van der Waals surface area contributed by atoms with E-state index in [2.05, 4.69) is 10.2 Å². The highest BCUT2D eigenvalue weighted by atomic mass is 35.5. The molecular weight excluding hydrogens is 316 g/mol. The summed E-state index contributed by atoms with van der Waals surface area (Å²) in [4.78, 5) is 14.6. The maximum absolute atomic E-state index is 12.4. The number of halogens is 1. The molecule has 122 valence electrons. The second kappa shape index (κ2) is 7.64. The average Bonchev–Trinajstić information content (AvgIpc) is 3.10. The predicted octanol–water partition coefficient (Wildman–Crippen LogP) is 2.74. The van der Waals surface area contributed by atoms with Crippen molar-refractivity contribution < 1.29 is 13.9 Å². The third-order valence-corrected chi connectivity index (χ3v) is 4.26. The van der Waals surface area contributed by atoms with E-state index in [-0.39, 0.29) is 11.9 Å². The first-order chi connectivity index (χ1) is 11.3. The highest BCUT2D eigenvalue weighted by Crippen LogP contribution is 2.22. The summed E-state index contributed by atoms with van der Waals surface area (Å²) in [6.07, 6.45) is 1.65. The number of furan rings is 1. The van der Waals surface area contributed by atoms with Crippen LogP contribution in [0.2, 0.25) is 5.02 Å². The summed E-state index contributed by atoms with van der Waals surface area (Å²) in [5, 5.41) is 3.41. The lowest BCUT2D eigenvalue weighted by molar-refractivity contribution is 0.0118. The molecule has 1 aromatic heterocycles. The van der Waals surface area contributed by atoms with Gasteiger partial charge in [0.25, 0.3) is 5.91 Å². The van der Waals surface area contributed by atoms with Gasteiger partial charge < -0.3 is 14.5 Å². The van der Waals surface area contributed by atoms with Crippen molar-refractivity contribution in [3.63, 3.8) is 0 Å². The molecule has 3 rings (SSSR count). The van der Waals surface area contributed by atoms with Crippen molar-refractivity contribution in [2.45, 2.75) is 6.04 Å². The Balaban J connectivity index is 1.69. The fourth-order valence-corrected chi connectivity index (χ4v) is 2.93. The van der Waals surface area contributed by atoms with Gasteiger partial charge in [-0.3, -0.25) is 9.69 Å². The Hall–Kier alpha value is -1.82. The minimum atomic E-state index is -0.180. The second-order valence-corrected chi connectivity index (χ2v) is 5.78. The largest absolute Gasteiger partial charge is 0.468 e. The molecule has 1 saturated heterocycles. The van der Waals surface area contributed by atoms with E-state index in [0.717, 1.165) is 18.8 Å². The molecular formula is C17H19ClN2O3. The molecule has 2 heterocycles. The highest BCUT2D eigenvalue weighted by Gasteiger charge is 2.25. The molecule has 1 N–H and O–H groups in total. The smallest absolute Gasteiger partial charge is 0.252 e. The molecule has 1 aliphatic rings. The third-order valence-electron chi connectivity index (χ3n) is 3.93. The van der Waals surface area contributed by atoms with Crippen LogP contribution in [0.5, 0.6) is 0 Å². The number of amides is 1. The van der Waals surface area contributed by atoms with E-state index in [0.29, 0.717) is 30.3 Å². The molecule has 1 amide bonds. The fraction of sp³-hybridized carbons (Fsp3) is 0.353. The molecule has 23 heavy (non-hydrogen) atoms. The van der Waals surface area contributed by atoms with Gasteiger partial charge in [0.05, 0.1) is 36.1 Å². The van der Waals surface area contributed by atoms with E-state index < -0.39 is 0 Å². The molecule has 5 nitrogen and oxygen atoms in total. The monoisotopic (exact) mass is 334 g/mol. The number of nitrogens with one attached hydrogen (secondary N) is 1. The van der Waals surface area contributed by atoms with Crippen molar-refractivity contribution in [3.8, 4) is 0 Å². The van der Waals surface area contributed by atoms with Crippen LogP contribution in [0.3, 0.4) is 0 Å². The molecule has 1 aliphatic heterocycles. The SMILES string of the molecule is O=C(NC[C@H](c1ccco1)N1CCOCC1)c1ccccc1Cl. The quantitative estimate of drug-likeness (QED) is 0.913.